The van der Waals surface area contributed by atoms with E-state index in [-0.39, 0.29) is 28.1 Å². The third-order valence-corrected chi connectivity index (χ3v) is 3.99. The van der Waals surface area contributed by atoms with Gasteiger partial charge < -0.3 is 14.4 Å². The van der Waals surface area contributed by atoms with E-state index in [9.17, 15) is 15.2 Å². The highest BCUT2D eigenvalue weighted by Crippen LogP contribution is 2.36. The SMILES string of the molecule is COc1cc(/C=C(\Cl)c2nc(-c3cccc(Cl)c3)no2)cc([N+](=O)[O-])c1[O-]. The van der Waals surface area contributed by atoms with E-state index in [1.54, 1.807) is 24.3 Å². The Labute approximate surface area is 162 Å². The quantitative estimate of drug-likeness (QED) is 0.462. The van der Waals surface area contributed by atoms with Crippen LogP contribution in [0.2, 0.25) is 5.02 Å². The third-order valence-electron chi connectivity index (χ3n) is 3.48. The van der Waals surface area contributed by atoms with Crippen LogP contribution in [0.5, 0.6) is 11.5 Å². The summed E-state index contributed by atoms with van der Waals surface area (Å²) in [5.74, 6) is -0.723. The van der Waals surface area contributed by atoms with E-state index in [0.717, 1.165) is 6.07 Å². The molecule has 0 atom stereocenters. The first kappa shape index (κ1) is 18.7. The Kier molecular flexibility index (Phi) is 5.29. The summed E-state index contributed by atoms with van der Waals surface area (Å²) in [4.78, 5) is 14.4. The van der Waals surface area contributed by atoms with Gasteiger partial charge in [0.05, 0.1) is 12.0 Å². The van der Waals surface area contributed by atoms with Gasteiger partial charge in [-0.1, -0.05) is 40.5 Å². The molecule has 0 aliphatic carbocycles. The van der Waals surface area contributed by atoms with Crippen LogP contribution in [0.15, 0.2) is 40.9 Å². The molecule has 27 heavy (non-hydrogen) atoms. The van der Waals surface area contributed by atoms with Gasteiger partial charge in [-0.05, 0) is 29.8 Å². The highest BCUT2D eigenvalue weighted by Gasteiger charge is 2.15. The minimum absolute atomic E-state index is 0.000498. The van der Waals surface area contributed by atoms with Crippen LogP contribution >= 0.6 is 23.2 Å². The molecule has 0 fully saturated rings. The molecule has 3 aromatic rings. The van der Waals surface area contributed by atoms with Crippen LogP contribution in [0.1, 0.15) is 11.5 Å². The Morgan fingerprint density at radius 1 is 1.33 bits per heavy atom. The highest BCUT2D eigenvalue weighted by molar-refractivity contribution is 6.50. The fourth-order valence-corrected chi connectivity index (χ4v) is 2.65. The Morgan fingerprint density at radius 2 is 2.11 bits per heavy atom. The molecule has 0 aliphatic rings. The standard InChI is InChI=1S/C17H11Cl2N3O5/c1-26-14-7-9(6-13(15(14)23)22(24)25)5-12(19)17-20-16(21-27-17)10-3-2-4-11(18)8-10/h2-8,23H,1H3/p-1/b12-5-. The maximum atomic E-state index is 11.9. The number of rotatable bonds is 5. The van der Waals surface area contributed by atoms with Gasteiger partial charge in [0.2, 0.25) is 5.82 Å². The maximum absolute atomic E-state index is 11.9. The first-order chi connectivity index (χ1) is 12.9. The number of halogens is 2. The molecule has 0 saturated heterocycles. The maximum Gasteiger partial charge on any atom is 0.269 e. The molecular formula is C17H10Cl2N3O5-. The van der Waals surface area contributed by atoms with Gasteiger partial charge in [0.15, 0.2) is 0 Å². The zero-order valence-electron chi connectivity index (χ0n) is 13.7. The normalized spacial score (nSPS) is 11.4. The molecule has 0 bridgehead atoms. The molecule has 0 amide bonds. The number of nitro groups is 1. The van der Waals surface area contributed by atoms with E-state index >= 15 is 0 Å². The van der Waals surface area contributed by atoms with Crippen molar-refractivity contribution in [1.82, 2.24) is 10.1 Å². The van der Waals surface area contributed by atoms with E-state index in [0.29, 0.717) is 10.6 Å². The summed E-state index contributed by atoms with van der Waals surface area (Å²) in [6, 6.07) is 9.27. The Morgan fingerprint density at radius 3 is 2.78 bits per heavy atom. The molecule has 0 unspecified atom stereocenters. The van der Waals surface area contributed by atoms with Gasteiger partial charge in [-0.15, -0.1) is 0 Å². The Bertz CT molecular complexity index is 1050. The summed E-state index contributed by atoms with van der Waals surface area (Å²) in [5, 5.41) is 27.3. The van der Waals surface area contributed by atoms with Crippen molar-refractivity contribution < 1.29 is 19.3 Å². The summed E-state index contributed by atoms with van der Waals surface area (Å²) in [6.07, 6.45) is 1.35. The average Bonchev–Trinajstić information content (AvgIpc) is 3.13. The van der Waals surface area contributed by atoms with Crippen molar-refractivity contribution in [2.24, 2.45) is 0 Å². The lowest BCUT2D eigenvalue weighted by Gasteiger charge is -2.13. The lowest BCUT2D eigenvalue weighted by atomic mass is 10.1. The van der Waals surface area contributed by atoms with Crippen molar-refractivity contribution in [3.8, 4) is 22.9 Å². The van der Waals surface area contributed by atoms with Crippen LogP contribution in [-0.4, -0.2) is 22.2 Å². The number of aromatic nitrogens is 2. The Hall–Kier alpha value is -3.10. The number of nitrogens with zero attached hydrogens (tertiary/aromatic N) is 3. The summed E-state index contributed by atoms with van der Waals surface area (Å²) in [7, 11) is 1.24. The van der Waals surface area contributed by atoms with Crippen LogP contribution < -0.4 is 9.84 Å². The van der Waals surface area contributed by atoms with E-state index in [1.165, 1.54) is 19.3 Å². The van der Waals surface area contributed by atoms with Crippen molar-refractivity contribution in [1.29, 1.82) is 0 Å². The van der Waals surface area contributed by atoms with Crippen molar-refractivity contribution in [3.63, 3.8) is 0 Å². The van der Waals surface area contributed by atoms with Crippen molar-refractivity contribution in [2.45, 2.75) is 0 Å². The number of hydrogen-bond acceptors (Lipinski definition) is 7. The second kappa shape index (κ2) is 7.65. The average molecular weight is 407 g/mol. The lowest BCUT2D eigenvalue weighted by Crippen LogP contribution is -2.01. The second-order valence-corrected chi connectivity index (χ2v) is 6.10. The van der Waals surface area contributed by atoms with Gasteiger partial charge >= 0.3 is 0 Å². The zero-order valence-corrected chi connectivity index (χ0v) is 15.2. The molecule has 1 aromatic heterocycles. The molecule has 0 N–H and O–H groups in total. The molecule has 0 radical (unpaired) electrons. The predicted octanol–water partition coefficient (Wildman–Crippen LogP) is 4.12. The van der Waals surface area contributed by atoms with Gasteiger partial charge in [0.1, 0.15) is 10.8 Å². The largest absolute Gasteiger partial charge is 0.865 e. The zero-order chi connectivity index (χ0) is 19.6. The van der Waals surface area contributed by atoms with Crippen LogP contribution in [-0.2, 0) is 0 Å². The first-order valence-electron chi connectivity index (χ1n) is 7.39. The topological polar surface area (TPSA) is 114 Å². The fraction of sp³-hybridized carbons (Fsp3) is 0.0588. The number of hydrogen-bond donors (Lipinski definition) is 0. The van der Waals surface area contributed by atoms with E-state index in [2.05, 4.69) is 10.1 Å². The summed E-state index contributed by atoms with van der Waals surface area (Å²) in [5.41, 5.74) is 0.274. The molecule has 8 nitrogen and oxygen atoms in total. The van der Waals surface area contributed by atoms with Gasteiger partial charge in [0, 0.05) is 22.4 Å². The van der Waals surface area contributed by atoms with Crippen LogP contribution in [0, 0.1) is 10.1 Å². The Balaban J connectivity index is 1.97. The molecule has 2 aromatic carbocycles. The van der Waals surface area contributed by atoms with Gasteiger partial charge in [-0.2, -0.15) is 4.98 Å². The number of methoxy groups -OCH3 is 1. The lowest BCUT2D eigenvalue weighted by molar-refractivity contribution is -0.398. The fourth-order valence-electron chi connectivity index (χ4n) is 2.25. The van der Waals surface area contributed by atoms with E-state index in [4.69, 9.17) is 32.5 Å². The minimum Gasteiger partial charge on any atom is -0.865 e. The van der Waals surface area contributed by atoms with Crippen molar-refractivity contribution >= 4 is 40.0 Å². The summed E-state index contributed by atoms with van der Waals surface area (Å²) < 4.78 is 10.0. The minimum atomic E-state index is -0.822. The highest BCUT2D eigenvalue weighted by atomic mass is 35.5. The first-order valence-corrected chi connectivity index (χ1v) is 8.15. The van der Waals surface area contributed by atoms with E-state index in [1.807, 2.05) is 0 Å². The number of benzene rings is 2. The molecule has 0 aliphatic heterocycles. The van der Waals surface area contributed by atoms with Gasteiger partial charge in [-0.3, -0.25) is 10.1 Å². The monoisotopic (exact) mass is 406 g/mol. The third kappa shape index (κ3) is 4.02. The van der Waals surface area contributed by atoms with Crippen LogP contribution in [0.25, 0.3) is 22.5 Å². The summed E-state index contributed by atoms with van der Waals surface area (Å²) in [6.45, 7) is 0. The molecule has 0 spiro atoms. The van der Waals surface area contributed by atoms with Gasteiger partial charge in [-0.25, -0.2) is 0 Å². The molecule has 10 heteroatoms. The van der Waals surface area contributed by atoms with Gasteiger partial charge in [0.25, 0.3) is 11.6 Å². The molecule has 1 heterocycles. The predicted molar refractivity (Wildman–Crippen MR) is 97.6 cm³/mol. The smallest absolute Gasteiger partial charge is 0.269 e. The summed E-state index contributed by atoms with van der Waals surface area (Å²) >= 11 is 12.1. The molecule has 0 saturated carbocycles. The van der Waals surface area contributed by atoms with Crippen molar-refractivity contribution in [3.05, 3.63) is 63.0 Å². The molecular weight excluding hydrogens is 397 g/mol. The van der Waals surface area contributed by atoms with E-state index < -0.39 is 16.4 Å². The van der Waals surface area contributed by atoms with Crippen molar-refractivity contribution in [2.75, 3.05) is 7.11 Å². The number of nitro benzene ring substituents is 1. The molecule has 3 rings (SSSR count). The second-order valence-electron chi connectivity index (χ2n) is 5.25. The van der Waals surface area contributed by atoms with Crippen LogP contribution in [0.4, 0.5) is 5.69 Å². The van der Waals surface area contributed by atoms with Crippen LogP contribution in [0.3, 0.4) is 0 Å². The molecule has 138 valence electrons. The number of ether oxygens (including phenoxy) is 1.